The number of hydrogen-bond donors (Lipinski definition) is 1. The second-order valence-electron chi connectivity index (χ2n) is 4.45. The molecule has 0 aromatic heterocycles. The van der Waals surface area contributed by atoms with Crippen molar-refractivity contribution in [2.24, 2.45) is 0 Å². The van der Waals surface area contributed by atoms with Crippen molar-refractivity contribution in [2.45, 2.75) is 32.7 Å². The van der Waals surface area contributed by atoms with E-state index < -0.39 is 5.97 Å². The van der Waals surface area contributed by atoms with Crippen molar-refractivity contribution in [3.05, 3.63) is 12.2 Å². The van der Waals surface area contributed by atoms with Gasteiger partial charge in [-0.25, -0.2) is 4.79 Å². The summed E-state index contributed by atoms with van der Waals surface area (Å²) in [7, 11) is 0. The number of amides is 1. The van der Waals surface area contributed by atoms with Crippen molar-refractivity contribution in [1.82, 2.24) is 9.80 Å². The molecule has 0 aliphatic carbocycles. The van der Waals surface area contributed by atoms with Crippen LogP contribution in [0, 0.1) is 0 Å². The third kappa shape index (κ3) is 4.14. The van der Waals surface area contributed by atoms with Crippen LogP contribution in [0.15, 0.2) is 12.2 Å². The minimum absolute atomic E-state index is 0.199. The highest BCUT2D eigenvalue weighted by Crippen LogP contribution is 2.16. The van der Waals surface area contributed by atoms with E-state index in [4.69, 9.17) is 5.11 Å². The number of carboxylic acid groups (broad SMARTS) is 1. The van der Waals surface area contributed by atoms with E-state index in [0.717, 1.165) is 38.1 Å². The summed E-state index contributed by atoms with van der Waals surface area (Å²) in [5.41, 5.74) is 0. The van der Waals surface area contributed by atoms with Crippen LogP contribution >= 0.6 is 0 Å². The summed E-state index contributed by atoms with van der Waals surface area (Å²) in [6, 6.07) is 0.549. The molecule has 0 saturated carbocycles. The van der Waals surface area contributed by atoms with Gasteiger partial charge in [0.2, 0.25) is 5.91 Å². The first-order valence-electron chi connectivity index (χ1n) is 6.52. The number of nitrogens with zero attached hydrogens (tertiary/aromatic N) is 2. The first kappa shape index (κ1) is 14.7. The highest BCUT2D eigenvalue weighted by atomic mass is 16.4. The molecule has 1 fully saturated rings. The average molecular weight is 254 g/mol. The zero-order valence-corrected chi connectivity index (χ0v) is 11.1. The molecule has 1 rings (SSSR count). The van der Waals surface area contributed by atoms with E-state index in [1.165, 1.54) is 0 Å². The summed E-state index contributed by atoms with van der Waals surface area (Å²) in [6.07, 6.45) is 3.97. The highest BCUT2D eigenvalue weighted by Gasteiger charge is 2.24. The minimum Gasteiger partial charge on any atom is -0.478 e. The van der Waals surface area contributed by atoms with Crippen molar-refractivity contribution >= 4 is 11.9 Å². The molecule has 1 amide bonds. The van der Waals surface area contributed by atoms with Crippen LogP contribution in [0.4, 0.5) is 0 Å². The number of hydrogen-bond acceptors (Lipinski definition) is 3. The Kier molecular flexibility index (Phi) is 5.85. The molecule has 0 spiro atoms. The number of likely N-dealkylation sites (tertiary alicyclic amines) is 1. The van der Waals surface area contributed by atoms with Gasteiger partial charge in [0, 0.05) is 31.3 Å². The molecular weight excluding hydrogens is 232 g/mol. The average Bonchev–Trinajstić information content (AvgIpc) is 2.38. The fourth-order valence-corrected chi connectivity index (χ4v) is 2.44. The number of aliphatic carboxylic acids is 1. The zero-order valence-electron chi connectivity index (χ0n) is 11.1. The maximum Gasteiger partial charge on any atom is 0.328 e. The predicted molar refractivity (Wildman–Crippen MR) is 69.3 cm³/mol. The minimum atomic E-state index is -1.08. The lowest BCUT2D eigenvalue weighted by molar-refractivity contribution is -0.132. The van der Waals surface area contributed by atoms with Crippen LogP contribution in [0.25, 0.3) is 0 Å². The number of rotatable bonds is 5. The Morgan fingerprint density at radius 3 is 2.22 bits per heavy atom. The first-order chi connectivity index (χ1) is 8.58. The Morgan fingerprint density at radius 2 is 1.78 bits per heavy atom. The molecule has 0 bridgehead atoms. The molecule has 1 saturated heterocycles. The molecule has 0 radical (unpaired) electrons. The Labute approximate surface area is 108 Å². The lowest BCUT2D eigenvalue weighted by atomic mass is 10.0. The largest absolute Gasteiger partial charge is 0.478 e. The Hall–Kier alpha value is -1.36. The van der Waals surface area contributed by atoms with Crippen molar-refractivity contribution in [3.8, 4) is 0 Å². The Balaban J connectivity index is 2.43. The van der Waals surface area contributed by atoms with Gasteiger partial charge in [-0.3, -0.25) is 4.79 Å². The topological polar surface area (TPSA) is 60.9 Å². The van der Waals surface area contributed by atoms with Gasteiger partial charge in [-0.05, 0) is 25.9 Å². The number of piperidine rings is 1. The number of carbonyl (C=O) groups excluding carboxylic acids is 1. The van der Waals surface area contributed by atoms with E-state index in [1.807, 2.05) is 0 Å². The van der Waals surface area contributed by atoms with Crippen molar-refractivity contribution in [3.63, 3.8) is 0 Å². The summed E-state index contributed by atoms with van der Waals surface area (Å²) in [5, 5.41) is 8.48. The van der Waals surface area contributed by atoms with Crippen LogP contribution < -0.4 is 0 Å². The maximum absolute atomic E-state index is 11.7. The van der Waals surface area contributed by atoms with Crippen molar-refractivity contribution in [1.29, 1.82) is 0 Å². The molecule has 1 aliphatic rings. The van der Waals surface area contributed by atoms with Crippen LogP contribution in [0.1, 0.15) is 26.7 Å². The third-order valence-corrected chi connectivity index (χ3v) is 3.47. The molecule has 1 aliphatic heterocycles. The van der Waals surface area contributed by atoms with Gasteiger partial charge in [-0.1, -0.05) is 13.8 Å². The summed E-state index contributed by atoms with van der Waals surface area (Å²) in [4.78, 5) is 26.2. The zero-order chi connectivity index (χ0) is 13.5. The van der Waals surface area contributed by atoms with E-state index in [0.29, 0.717) is 19.1 Å². The number of carboxylic acids is 1. The van der Waals surface area contributed by atoms with Crippen LogP contribution in [0.5, 0.6) is 0 Å². The van der Waals surface area contributed by atoms with Gasteiger partial charge in [-0.15, -0.1) is 0 Å². The second-order valence-corrected chi connectivity index (χ2v) is 4.45. The third-order valence-electron chi connectivity index (χ3n) is 3.47. The lowest BCUT2D eigenvalue weighted by Gasteiger charge is -2.37. The highest BCUT2D eigenvalue weighted by molar-refractivity contribution is 5.93. The van der Waals surface area contributed by atoms with Gasteiger partial charge in [0.1, 0.15) is 0 Å². The quantitative estimate of drug-likeness (QED) is 0.742. The van der Waals surface area contributed by atoms with E-state index in [9.17, 15) is 9.59 Å². The molecular formula is C13H22N2O3. The molecule has 0 unspecified atom stereocenters. The molecule has 1 N–H and O–H groups in total. The van der Waals surface area contributed by atoms with E-state index >= 15 is 0 Å². The van der Waals surface area contributed by atoms with Gasteiger partial charge in [0.25, 0.3) is 0 Å². The molecule has 5 nitrogen and oxygen atoms in total. The smallest absolute Gasteiger partial charge is 0.328 e. The van der Waals surface area contributed by atoms with Gasteiger partial charge in [-0.2, -0.15) is 0 Å². The summed E-state index contributed by atoms with van der Waals surface area (Å²) in [5.74, 6) is -1.28. The summed E-state index contributed by atoms with van der Waals surface area (Å²) in [6.45, 7) is 7.79. The van der Waals surface area contributed by atoms with Crippen LogP contribution in [0.2, 0.25) is 0 Å². The van der Waals surface area contributed by atoms with Gasteiger partial charge in [0.05, 0.1) is 0 Å². The van der Waals surface area contributed by atoms with Crippen LogP contribution in [-0.2, 0) is 9.59 Å². The summed E-state index contributed by atoms with van der Waals surface area (Å²) < 4.78 is 0. The summed E-state index contributed by atoms with van der Waals surface area (Å²) >= 11 is 0. The van der Waals surface area contributed by atoms with E-state index in [2.05, 4.69) is 18.7 Å². The standard InChI is InChI=1S/C13H22N2O3/c1-3-14(4-2)11-7-9-15(10-8-11)12(16)5-6-13(17)18/h5-6,11H,3-4,7-10H2,1-2H3,(H,17,18)/b6-5+. The lowest BCUT2D eigenvalue weighted by Crippen LogP contribution is -2.46. The van der Waals surface area contributed by atoms with Gasteiger partial charge < -0.3 is 14.9 Å². The Morgan fingerprint density at radius 1 is 1.22 bits per heavy atom. The number of carbonyl (C=O) groups is 2. The van der Waals surface area contributed by atoms with Crippen molar-refractivity contribution in [2.75, 3.05) is 26.2 Å². The molecule has 18 heavy (non-hydrogen) atoms. The van der Waals surface area contributed by atoms with Crippen molar-refractivity contribution < 1.29 is 14.7 Å². The van der Waals surface area contributed by atoms with Crippen LogP contribution in [0.3, 0.4) is 0 Å². The van der Waals surface area contributed by atoms with E-state index in [1.54, 1.807) is 4.90 Å². The monoisotopic (exact) mass is 254 g/mol. The molecule has 0 aromatic rings. The Bertz CT molecular complexity index is 316. The van der Waals surface area contributed by atoms with E-state index in [-0.39, 0.29) is 5.91 Å². The van der Waals surface area contributed by atoms with Gasteiger partial charge in [0.15, 0.2) is 0 Å². The van der Waals surface area contributed by atoms with Crippen LogP contribution in [-0.4, -0.2) is 59.0 Å². The van der Waals surface area contributed by atoms with Gasteiger partial charge >= 0.3 is 5.97 Å². The molecule has 102 valence electrons. The maximum atomic E-state index is 11.7. The fourth-order valence-electron chi connectivity index (χ4n) is 2.44. The predicted octanol–water partition coefficient (Wildman–Crippen LogP) is 0.960. The second kappa shape index (κ2) is 7.16. The first-order valence-corrected chi connectivity index (χ1v) is 6.52. The molecule has 5 heteroatoms. The molecule has 0 aromatic carbocycles. The fraction of sp³-hybridized carbons (Fsp3) is 0.692. The normalized spacial score (nSPS) is 17.6. The molecule has 0 atom stereocenters. The molecule has 1 heterocycles. The SMILES string of the molecule is CCN(CC)C1CCN(C(=O)/C=C/C(=O)O)CC1.